The van der Waals surface area contributed by atoms with Gasteiger partial charge in [0.05, 0.1) is 0 Å². The van der Waals surface area contributed by atoms with Crippen molar-refractivity contribution in [3.63, 3.8) is 0 Å². The maximum atomic E-state index is 2.47. The Hall–Kier alpha value is 0. The van der Waals surface area contributed by atoms with Gasteiger partial charge in [-0.15, -0.1) is 0 Å². The third-order valence-corrected chi connectivity index (χ3v) is 4.54. The molecule has 2 saturated carbocycles. The van der Waals surface area contributed by atoms with Gasteiger partial charge < -0.3 is 0 Å². The minimum absolute atomic E-state index is 1.02. The van der Waals surface area contributed by atoms with Gasteiger partial charge in [-0.3, -0.25) is 0 Å². The smallest absolute Gasteiger partial charge is 0.0383 e. The lowest BCUT2D eigenvalue weighted by Crippen LogP contribution is -2.18. The summed E-state index contributed by atoms with van der Waals surface area (Å²) in [6.07, 6.45) is 15.3. The van der Waals surface area contributed by atoms with E-state index in [-0.39, 0.29) is 0 Å². The number of hydrogen-bond acceptors (Lipinski definition) is 0. The average Bonchev–Trinajstić information content (AvgIpc) is 2.44. The Morgan fingerprint density at radius 3 is 2.00 bits per heavy atom. The van der Waals surface area contributed by atoms with Gasteiger partial charge in [0.25, 0.3) is 0 Å². The summed E-state index contributed by atoms with van der Waals surface area (Å²) in [7, 11) is 0. The SMILES string of the molecule is CC1CCCCC(C2CCCCC2)C1. The second-order valence-electron chi connectivity index (χ2n) is 5.78. The molecule has 0 heterocycles. The van der Waals surface area contributed by atoms with Crippen LogP contribution in [-0.2, 0) is 0 Å². The molecule has 14 heavy (non-hydrogen) atoms. The van der Waals surface area contributed by atoms with Crippen LogP contribution in [0, 0.1) is 17.8 Å². The van der Waals surface area contributed by atoms with Crippen molar-refractivity contribution >= 4 is 0 Å². The first-order valence-electron chi connectivity index (χ1n) is 6.86. The summed E-state index contributed by atoms with van der Waals surface area (Å²) < 4.78 is 0. The molecule has 2 aliphatic rings. The maximum Gasteiger partial charge on any atom is -0.0383 e. The fourth-order valence-corrected chi connectivity index (χ4v) is 3.69. The standard InChI is InChI=1S/C14H26/c1-12-7-5-6-10-14(11-12)13-8-3-2-4-9-13/h12-14H,2-11H2,1H3. The molecule has 2 aliphatic carbocycles. The first-order valence-corrected chi connectivity index (χ1v) is 6.86. The molecule has 0 saturated heterocycles. The minimum atomic E-state index is 1.02. The molecular formula is C14H26. The van der Waals surface area contributed by atoms with Crippen molar-refractivity contribution in [2.24, 2.45) is 17.8 Å². The Morgan fingerprint density at radius 2 is 1.21 bits per heavy atom. The molecule has 2 atom stereocenters. The van der Waals surface area contributed by atoms with Crippen LogP contribution in [0.15, 0.2) is 0 Å². The number of rotatable bonds is 1. The van der Waals surface area contributed by atoms with E-state index in [1.165, 1.54) is 38.5 Å². The zero-order chi connectivity index (χ0) is 9.80. The lowest BCUT2D eigenvalue weighted by atomic mass is 9.75. The van der Waals surface area contributed by atoms with Gasteiger partial charge in [-0.2, -0.15) is 0 Å². The van der Waals surface area contributed by atoms with Crippen LogP contribution in [0.5, 0.6) is 0 Å². The topological polar surface area (TPSA) is 0 Å². The molecule has 0 aliphatic heterocycles. The zero-order valence-corrected chi connectivity index (χ0v) is 9.80. The van der Waals surface area contributed by atoms with Crippen molar-refractivity contribution in [2.75, 3.05) is 0 Å². The normalized spacial score (nSPS) is 36.6. The summed E-state index contributed by atoms with van der Waals surface area (Å²) in [6.45, 7) is 2.47. The molecule has 0 aromatic rings. The van der Waals surface area contributed by atoms with Gasteiger partial charge in [0, 0.05) is 0 Å². The molecule has 0 N–H and O–H groups in total. The van der Waals surface area contributed by atoms with Crippen LogP contribution >= 0.6 is 0 Å². The predicted octanol–water partition coefficient (Wildman–Crippen LogP) is 4.78. The molecule has 0 amide bonds. The maximum absolute atomic E-state index is 2.47. The highest BCUT2D eigenvalue weighted by molar-refractivity contribution is 4.77. The highest BCUT2D eigenvalue weighted by Crippen LogP contribution is 2.38. The Bertz CT molecular complexity index is 155. The molecular weight excluding hydrogens is 168 g/mol. The lowest BCUT2D eigenvalue weighted by molar-refractivity contribution is 0.212. The zero-order valence-electron chi connectivity index (χ0n) is 9.80. The van der Waals surface area contributed by atoms with E-state index in [2.05, 4.69) is 6.92 Å². The van der Waals surface area contributed by atoms with Gasteiger partial charge in [-0.05, 0) is 24.2 Å². The largest absolute Gasteiger partial charge is 0.0625 e. The molecule has 2 rings (SSSR count). The fraction of sp³-hybridized carbons (Fsp3) is 1.00. The van der Waals surface area contributed by atoms with Crippen LogP contribution in [0.1, 0.15) is 71.1 Å². The summed E-state index contributed by atoms with van der Waals surface area (Å²) in [5.74, 6) is 3.24. The second-order valence-corrected chi connectivity index (χ2v) is 5.78. The summed E-state index contributed by atoms with van der Waals surface area (Å²) in [5.41, 5.74) is 0. The number of hydrogen-bond donors (Lipinski definition) is 0. The molecule has 0 radical (unpaired) electrons. The molecule has 82 valence electrons. The van der Waals surface area contributed by atoms with Crippen LogP contribution < -0.4 is 0 Å². The molecule has 0 heteroatoms. The third kappa shape index (κ3) is 2.74. The van der Waals surface area contributed by atoms with Gasteiger partial charge in [0.1, 0.15) is 0 Å². The van der Waals surface area contributed by atoms with Gasteiger partial charge in [-0.25, -0.2) is 0 Å². The van der Waals surface area contributed by atoms with Crippen LogP contribution in [-0.4, -0.2) is 0 Å². The molecule has 2 fully saturated rings. The van der Waals surface area contributed by atoms with E-state index in [1.54, 1.807) is 25.7 Å². The van der Waals surface area contributed by atoms with Crippen molar-refractivity contribution < 1.29 is 0 Å². The second kappa shape index (κ2) is 5.19. The monoisotopic (exact) mass is 194 g/mol. The Labute approximate surface area is 89.5 Å². The molecule has 0 aromatic heterocycles. The Balaban J connectivity index is 1.87. The van der Waals surface area contributed by atoms with E-state index in [1.807, 2.05) is 0 Å². The van der Waals surface area contributed by atoms with Crippen LogP contribution in [0.2, 0.25) is 0 Å². The van der Waals surface area contributed by atoms with Crippen molar-refractivity contribution in [3.8, 4) is 0 Å². The van der Waals surface area contributed by atoms with Crippen molar-refractivity contribution in [3.05, 3.63) is 0 Å². The van der Waals surface area contributed by atoms with E-state index in [0.29, 0.717) is 0 Å². The van der Waals surface area contributed by atoms with Crippen LogP contribution in [0.25, 0.3) is 0 Å². The molecule has 0 nitrogen and oxygen atoms in total. The average molecular weight is 194 g/mol. The van der Waals surface area contributed by atoms with Gasteiger partial charge in [0.15, 0.2) is 0 Å². The summed E-state index contributed by atoms with van der Waals surface area (Å²) >= 11 is 0. The van der Waals surface area contributed by atoms with Gasteiger partial charge >= 0.3 is 0 Å². The van der Waals surface area contributed by atoms with E-state index in [4.69, 9.17) is 0 Å². The first-order chi connectivity index (χ1) is 6.86. The summed E-state index contributed by atoms with van der Waals surface area (Å²) in [6, 6.07) is 0. The quantitative estimate of drug-likeness (QED) is 0.527. The van der Waals surface area contributed by atoms with Gasteiger partial charge in [-0.1, -0.05) is 64.7 Å². The van der Waals surface area contributed by atoms with E-state index in [0.717, 1.165) is 17.8 Å². The predicted molar refractivity (Wildman–Crippen MR) is 62.3 cm³/mol. The third-order valence-electron chi connectivity index (χ3n) is 4.54. The first kappa shape index (κ1) is 10.5. The highest BCUT2D eigenvalue weighted by atomic mass is 14.3. The van der Waals surface area contributed by atoms with Crippen molar-refractivity contribution in [1.82, 2.24) is 0 Å². The summed E-state index contributed by atoms with van der Waals surface area (Å²) in [4.78, 5) is 0. The minimum Gasteiger partial charge on any atom is -0.0625 e. The van der Waals surface area contributed by atoms with E-state index >= 15 is 0 Å². The Kier molecular flexibility index (Phi) is 3.89. The van der Waals surface area contributed by atoms with E-state index in [9.17, 15) is 0 Å². The van der Waals surface area contributed by atoms with Crippen molar-refractivity contribution in [2.45, 2.75) is 71.1 Å². The van der Waals surface area contributed by atoms with Gasteiger partial charge in [0.2, 0.25) is 0 Å². The van der Waals surface area contributed by atoms with E-state index < -0.39 is 0 Å². The molecule has 0 aromatic carbocycles. The molecule has 0 spiro atoms. The lowest BCUT2D eigenvalue weighted by Gasteiger charge is -2.30. The fourth-order valence-electron chi connectivity index (χ4n) is 3.69. The van der Waals surface area contributed by atoms with Crippen LogP contribution in [0.4, 0.5) is 0 Å². The van der Waals surface area contributed by atoms with Crippen molar-refractivity contribution in [1.29, 1.82) is 0 Å². The summed E-state index contributed by atoms with van der Waals surface area (Å²) in [5, 5.41) is 0. The van der Waals surface area contributed by atoms with Crippen LogP contribution in [0.3, 0.4) is 0 Å². The molecule has 0 bridgehead atoms. The molecule has 2 unspecified atom stereocenters. The Morgan fingerprint density at radius 1 is 0.643 bits per heavy atom. The highest BCUT2D eigenvalue weighted by Gasteiger charge is 2.26.